The summed E-state index contributed by atoms with van der Waals surface area (Å²) in [5.41, 5.74) is 1.86. The van der Waals surface area contributed by atoms with Gasteiger partial charge >= 0.3 is 0 Å². The summed E-state index contributed by atoms with van der Waals surface area (Å²) in [5.74, 6) is 2.35. The van der Waals surface area contributed by atoms with Crippen LogP contribution in [0.3, 0.4) is 0 Å². The molecule has 0 aliphatic heterocycles. The fourth-order valence-electron chi connectivity index (χ4n) is 3.30. The standard InChI is InChI=1S/C22H21N5O2S2/c1-2-29-16-10-11-17-18(12-16)31-21(23-17)24-19(28)13-30-22-26-25-20(14-8-9-14)27(22)15-6-4-3-5-7-15/h3-7,10-12,14H,2,8-9,13H2,1H3,(H,23,24,28). The quantitative estimate of drug-likeness (QED) is 0.384. The molecule has 9 heteroatoms. The van der Waals surface area contributed by atoms with Crippen molar-refractivity contribution in [1.82, 2.24) is 19.7 Å². The molecule has 1 fully saturated rings. The van der Waals surface area contributed by atoms with E-state index >= 15 is 0 Å². The Balaban J connectivity index is 1.28. The number of thioether (sulfide) groups is 1. The van der Waals surface area contributed by atoms with E-state index in [4.69, 9.17) is 4.74 Å². The highest BCUT2D eigenvalue weighted by Crippen LogP contribution is 2.41. The molecule has 0 spiro atoms. The SMILES string of the molecule is CCOc1ccc2nc(NC(=O)CSc3nnc(C4CC4)n3-c3ccccc3)sc2c1. The molecule has 1 aliphatic rings. The van der Waals surface area contributed by atoms with Crippen LogP contribution < -0.4 is 10.1 Å². The van der Waals surface area contributed by atoms with Gasteiger partial charge in [0, 0.05) is 11.6 Å². The summed E-state index contributed by atoms with van der Waals surface area (Å²) in [7, 11) is 0. The van der Waals surface area contributed by atoms with Gasteiger partial charge in [0.05, 0.1) is 22.6 Å². The van der Waals surface area contributed by atoms with Gasteiger partial charge in [0.15, 0.2) is 10.3 Å². The third kappa shape index (κ3) is 4.42. The molecule has 5 rings (SSSR count). The number of nitrogens with zero attached hydrogens (tertiary/aromatic N) is 4. The van der Waals surface area contributed by atoms with Crippen LogP contribution >= 0.6 is 23.1 Å². The van der Waals surface area contributed by atoms with E-state index in [1.54, 1.807) is 0 Å². The van der Waals surface area contributed by atoms with E-state index in [0.717, 1.165) is 45.5 Å². The number of ether oxygens (including phenoxy) is 1. The third-order valence-electron chi connectivity index (χ3n) is 4.86. The lowest BCUT2D eigenvalue weighted by Crippen LogP contribution is -2.14. The number of hydrogen-bond acceptors (Lipinski definition) is 7. The van der Waals surface area contributed by atoms with Gasteiger partial charge in [-0.05, 0) is 50.1 Å². The van der Waals surface area contributed by atoms with Gasteiger partial charge in [0.2, 0.25) is 5.91 Å². The fourth-order valence-corrected chi connectivity index (χ4v) is 4.97. The minimum absolute atomic E-state index is 0.121. The number of rotatable bonds is 8. The molecule has 2 aromatic heterocycles. The van der Waals surface area contributed by atoms with Gasteiger partial charge in [-0.3, -0.25) is 9.36 Å². The van der Waals surface area contributed by atoms with Crippen molar-refractivity contribution in [2.45, 2.75) is 30.8 Å². The number of amides is 1. The molecule has 0 bridgehead atoms. The highest BCUT2D eigenvalue weighted by molar-refractivity contribution is 7.99. The number of hydrogen-bond donors (Lipinski definition) is 1. The Kier molecular flexibility index (Phi) is 5.61. The van der Waals surface area contributed by atoms with Crippen LogP contribution in [0.5, 0.6) is 5.75 Å². The van der Waals surface area contributed by atoms with E-state index in [9.17, 15) is 4.79 Å². The van der Waals surface area contributed by atoms with Gasteiger partial charge in [0.25, 0.3) is 0 Å². The Morgan fingerprint density at radius 2 is 2.06 bits per heavy atom. The van der Waals surface area contributed by atoms with Crippen LogP contribution in [0.4, 0.5) is 5.13 Å². The number of anilines is 1. The van der Waals surface area contributed by atoms with Crippen molar-refractivity contribution in [3.05, 3.63) is 54.4 Å². The van der Waals surface area contributed by atoms with Crippen molar-refractivity contribution in [1.29, 1.82) is 0 Å². The molecule has 0 radical (unpaired) electrons. The molecular formula is C22H21N5O2S2. The minimum atomic E-state index is -0.121. The highest BCUT2D eigenvalue weighted by Gasteiger charge is 2.31. The molecule has 0 saturated heterocycles. The van der Waals surface area contributed by atoms with Gasteiger partial charge in [-0.1, -0.05) is 41.3 Å². The molecular weight excluding hydrogens is 430 g/mol. The van der Waals surface area contributed by atoms with Crippen LogP contribution in [-0.2, 0) is 4.79 Å². The molecule has 2 heterocycles. The first kappa shape index (κ1) is 20.0. The van der Waals surface area contributed by atoms with Crippen molar-refractivity contribution < 1.29 is 9.53 Å². The topological polar surface area (TPSA) is 81.9 Å². The molecule has 0 atom stereocenters. The van der Waals surface area contributed by atoms with E-state index in [1.165, 1.54) is 23.1 Å². The van der Waals surface area contributed by atoms with Crippen molar-refractivity contribution in [3.8, 4) is 11.4 Å². The molecule has 1 N–H and O–H groups in total. The summed E-state index contributed by atoms with van der Waals surface area (Å²) in [6.45, 7) is 2.56. The number of benzene rings is 2. The molecule has 7 nitrogen and oxygen atoms in total. The summed E-state index contributed by atoms with van der Waals surface area (Å²) in [6, 6.07) is 15.8. The molecule has 1 saturated carbocycles. The normalized spacial score (nSPS) is 13.5. The van der Waals surface area contributed by atoms with Gasteiger partial charge in [-0.25, -0.2) is 4.98 Å². The lowest BCUT2D eigenvalue weighted by Gasteiger charge is -2.09. The monoisotopic (exact) mass is 451 g/mol. The van der Waals surface area contributed by atoms with Crippen LogP contribution in [0.1, 0.15) is 31.5 Å². The molecule has 0 unspecified atom stereocenters. The maximum absolute atomic E-state index is 12.6. The van der Waals surface area contributed by atoms with E-state index in [-0.39, 0.29) is 11.7 Å². The van der Waals surface area contributed by atoms with Crippen molar-refractivity contribution in [3.63, 3.8) is 0 Å². The van der Waals surface area contributed by atoms with Crippen molar-refractivity contribution >= 4 is 44.4 Å². The maximum Gasteiger partial charge on any atom is 0.236 e. The van der Waals surface area contributed by atoms with Crippen LogP contribution in [0.15, 0.2) is 53.7 Å². The molecule has 2 aromatic carbocycles. The first-order chi connectivity index (χ1) is 15.2. The van der Waals surface area contributed by atoms with E-state index < -0.39 is 0 Å². The number of aromatic nitrogens is 4. The average molecular weight is 452 g/mol. The first-order valence-electron chi connectivity index (χ1n) is 10.2. The third-order valence-corrected chi connectivity index (χ3v) is 6.73. The van der Waals surface area contributed by atoms with Gasteiger partial charge in [0.1, 0.15) is 11.6 Å². The number of nitrogens with one attached hydrogen (secondary N) is 1. The Bertz CT molecular complexity index is 1220. The molecule has 1 amide bonds. The predicted molar refractivity (Wildman–Crippen MR) is 123 cm³/mol. The zero-order valence-electron chi connectivity index (χ0n) is 16.9. The summed E-state index contributed by atoms with van der Waals surface area (Å²) in [5, 5.41) is 13.0. The van der Waals surface area contributed by atoms with E-state index in [1.807, 2.05) is 55.5 Å². The number of carbonyl (C=O) groups is 1. The zero-order valence-corrected chi connectivity index (χ0v) is 18.6. The smallest absolute Gasteiger partial charge is 0.236 e. The molecule has 4 aromatic rings. The fraction of sp³-hybridized carbons (Fsp3) is 0.273. The second-order valence-electron chi connectivity index (χ2n) is 7.20. The Morgan fingerprint density at radius 1 is 1.23 bits per heavy atom. The lowest BCUT2D eigenvalue weighted by atomic mass is 10.3. The number of carbonyl (C=O) groups excluding carboxylic acids is 1. The summed E-state index contributed by atoms with van der Waals surface area (Å²) < 4.78 is 8.59. The molecule has 158 valence electrons. The number of thiazole rings is 1. The predicted octanol–water partition coefficient (Wildman–Crippen LogP) is 4.88. The average Bonchev–Trinajstić information content (AvgIpc) is 3.41. The minimum Gasteiger partial charge on any atom is -0.494 e. The van der Waals surface area contributed by atoms with Crippen LogP contribution in [0.2, 0.25) is 0 Å². The Hall–Kier alpha value is -2.91. The van der Waals surface area contributed by atoms with Crippen molar-refractivity contribution in [2.24, 2.45) is 0 Å². The van der Waals surface area contributed by atoms with E-state index in [2.05, 4.69) is 25.1 Å². The van der Waals surface area contributed by atoms with Crippen LogP contribution in [0, 0.1) is 0 Å². The van der Waals surface area contributed by atoms with Gasteiger partial charge < -0.3 is 10.1 Å². The van der Waals surface area contributed by atoms with Gasteiger partial charge in [-0.2, -0.15) is 0 Å². The van der Waals surface area contributed by atoms with Crippen LogP contribution in [0.25, 0.3) is 15.9 Å². The zero-order chi connectivity index (χ0) is 21.2. The largest absolute Gasteiger partial charge is 0.494 e. The van der Waals surface area contributed by atoms with Gasteiger partial charge in [-0.15, -0.1) is 10.2 Å². The highest BCUT2D eigenvalue weighted by atomic mass is 32.2. The van der Waals surface area contributed by atoms with E-state index in [0.29, 0.717) is 17.7 Å². The summed E-state index contributed by atoms with van der Waals surface area (Å²) in [4.78, 5) is 17.1. The van der Waals surface area contributed by atoms with Crippen LogP contribution in [-0.4, -0.2) is 38.0 Å². The summed E-state index contributed by atoms with van der Waals surface area (Å²) >= 11 is 2.82. The first-order valence-corrected chi connectivity index (χ1v) is 12.0. The lowest BCUT2D eigenvalue weighted by molar-refractivity contribution is -0.113. The van der Waals surface area contributed by atoms with Crippen molar-refractivity contribution in [2.75, 3.05) is 17.7 Å². The number of para-hydroxylation sites is 1. The Labute approximate surface area is 187 Å². The molecule has 31 heavy (non-hydrogen) atoms. The Morgan fingerprint density at radius 3 is 2.84 bits per heavy atom. The molecule has 1 aliphatic carbocycles. The second kappa shape index (κ2) is 8.68. The second-order valence-corrected chi connectivity index (χ2v) is 9.18. The maximum atomic E-state index is 12.6. The number of fused-ring (bicyclic) bond motifs is 1. The summed E-state index contributed by atoms with van der Waals surface area (Å²) in [6.07, 6.45) is 2.28.